The normalized spacial score (nSPS) is 22.5. The van der Waals surface area contributed by atoms with Gasteiger partial charge in [0.1, 0.15) is 12.1 Å². The Labute approximate surface area is 158 Å². The third-order valence-electron chi connectivity index (χ3n) is 4.58. The molecule has 0 radical (unpaired) electrons. The Kier molecular flexibility index (Phi) is 4.98. The maximum absolute atomic E-state index is 12.7. The van der Waals surface area contributed by atoms with Crippen molar-refractivity contribution in [3.05, 3.63) is 27.9 Å². The molecule has 1 amide bonds. The van der Waals surface area contributed by atoms with Crippen LogP contribution in [-0.2, 0) is 17.8 Å². The summed E-state index contributed by atoms with van der Waals surface area (Å²) in [5, 5.41) is 20.5. The summed E-state index contributed by atoms with van der Waals surface area (Å²) in [5.41, 5.74) is -1.84. The number of rotatable bonds is 5. The van der Waals surface area contributed by atoms with E-state index in [-0.39, 0.29) is 35.5 Å². The first-order chi connectivity index (χ1) is 12.8. The molecule has 2 aromatic heterocycles. The SMILES string of the molecule is CC(C)c1nn(CC(=O)NC2CC(C)(O)C2)c(=O)c2cc(CC(F)(F)F)nn12. The lowest BCUT2D eigenvalue weighted by molar-refractivity contribution is -0.128. The average Bonchev–Trinajstić information content (AvgIpc) is 2.89. The molecular formula is C17H22F3N5O3. The number of fused-ring (bicyclic) bond motifs is 1. The predicted octanol–water partition coefficient (Wildman–Crippen LogP) is 1.15. The molecule has 0 spiro atoms. The summed E-state index contributed by atoms with van der Waals surface area (Å²) in [5.74, 6) is -0.413. The van der Waals surface area contributed by atoms with Crippen LogP contribution in [0.15, 0.2) is 10.9 Å². The van der Waals surface area contributed by atoms with E-state index in [1.807, 2.05) is 0 Å². The number of carbonyl (C=O) groups excluding carboxylic acids is 1. The molecule has 0 atom stereocenters. The van der Waals surface area contributed by atoms with Crippen molar-refractivity contribution >= 4 is 11.4 Å². The van der Waals surface area contributed by atoms with Crippen LogP contribution >= 0.6 is 0 Å². The van der Waals surface area contributed by atoms with Crippen molar-refractivity contribution in [2.75, 3.05) is 0 Å². The smallest absolute Gasteiger partial charge is 0.390 e. The number of nitrogens with zero attached hydrogens (tertiary/aromatic N) is 4. The maximum atomic E-state index is 12.7. The van der Waals surface area contributed by atoms with E-state index >= 15 is 0 Å². The molecule has 1 aliphatic carbocycles. The number of amides is 1. The average molecular weight is 401 g/mol. The minimum atomic E-state index is -4.45. The molecule has 0 unspecified atom stereocenters. The summed E-state index contributed by atoms with van der Waals surface area (Å²) in [6.45, 7) is 4.83. The molecule has 1 aliphatic rings. The van der Waals surface area contributed by atoms with Crippen LogP contribution in [0.5, 0.6) is 0 Å². The molecule has 11 heteroatoms. The fourth-order valence-electron chi connectivity index (χ4n) is 3.37. The Balaban J connectivity index is 1.89. The molecule has 3 rings (SSSR count). The van der Waals surface area contributed by atoms with E-state index < -0.39 is 29.7 Å². The highest BCUT2D eigenvalue weighted by atomic mass is 19.4. The molecule has 2 N–H and O–H groups in total. The molecule has 0 saturated heterocycles. The number of nitrogens with one attached hydrogen (secondary N) is 1. The van der Waals surface area contributed by atoms with Crippen LogP contribution in [0.1, 0.15) is 51.0 Å². The number of hydrogen-bond donors (Lipinski definition) is 2. The van der Waals surface area contributed by atoms with Gasteiger partial charge in [-0.05, 0) is 25.8 Å². The second-order valence-corrected chi connectivity index (χ2v) is 7.87. The van der Waals surface area contributed by atoms with Crippen molar-refractivity contribution in [1.82, 2.24) is 24.7 Å². The van der Waals surface area contributed by atoms with E-state index in [4.69, 9.17) is 0 Å². The van der Waals surface area contributed by atoms with Gasteiger partial charge in [0, 0.05) is 12.0 Å². The quantitative estimate of drug-likeness (QED) is 0.783. The number of alkyl halides is 3. The number of halogens is 3. The van der Waals surface area contributed by atoms with Crippen LogP contribution in [0.2, 0.25) is 0 Å². The highest BCUT2D eigenvalue weighted by Crippen LogP contribution is 2.31. The van der Waals surface area contributed by atoms with Gasteiger partial charge in [0.15, 0.2) is 5.82 Å². The van der Waals surface area contributed by atoms with Gasteiger partial charge in [0.25, 0.3) is 5.56 Å². The van der Waals surface area contributed by atoms with Crippen molar-refractivity contribution in [2.24, 2.45) is 0 Å². The van der Waals surface area contributed by atoms with Gasteiger partial charge in [0.05, 0.1) is 17.7 Å². The van der Waals surface area contributed by atoms with Gasteiger partial charge < -0.3 is 10.4 Å². The number of aromatic nitrogens is 4. The second-order valence-electron chi connectivity index (χ2n) is 7.87. The molecule has 0 bridgehead atoms. The molecule has 0 aromatic carbocycles. The van der Waals surface area contributed by atoms with Crippen LogP contribution in [0.3, 0.4) is 0 Å². The summed E-state index contributed by atoms with van der Waals surface area (Å²) in [4.78, 5) is 24.9. The van der Waals surface area contributed by atoms with Crippen molar-refractivity contribution in [3.8, 4) is 0 Å². The summed E-state index contributed by atoms with van der Waals surface area (Å²) in [6, 6.07) is 0.904. The van der Waals surface area contributed by atoms with Gasteiger partial charge in [-0.3, -0.25) is 9.59 Å². The van der Waals surface area contributed by atoms with Crippen molar-refractivity contribution in [3.63, 3.8) is 0 Å². The number of hydrogen-bond acceptors (Lipinski definition) is 5. The Morgan fingerprint density at radius 3 is 2.57 bits per heavy atom. The molecule has 0 aliphatic heterocycles. The molecule has 8 nitrogen and oxygen atoms in total. The zero-order chi connectivity index (χ0) is 20.9. The molecule has 154 valence electrons. The van der Waals surface area contributed by atoms with Crippen molar-refractivity contribution < 1.29 is 23.1 Å². The summed E-state index contributed by atoms with van der Waals surface area (Å²) < 4.78 is 40.1. The van der Waals surface area contributed by atoms with Gasteiger partial charge in [-0.25, -0.2) is 9.20 Å². The topological polar surface area (TPSA) is 102 Å². The van der Waals surface area contributed by atoms with E-state index in [0.29, 0.717) is 12.8 Å². The highest BCUT2D eigenvalue weighted by molar-refractivity contribution is 5.76. The fourth-order valence-corrected chi connectivity index (χ4v) is 3.37. The monoisotopic (exact) mass is 401 g/mol. The van der Waals surface area contributed by atoms with Crippen molar-refractivity contribution in [1.29, 1.82) is 0 Å². The lowest BCUT2D eigenvalue weighted by Crippen LogP contribution is -2.54. The van der Waals surface area contributed by atoms with E-state index in [1.54, 1.807) is 20.8 Å². The third kappa shape index (κ3) is 4.34. The zero-order valence-corrected chi connectivity index (χ0v) is 15.7. The van der Waals surface area contributed by atoms with Gasteiger partial charge in [0.2, 0.25) is 5.91 Å². The number of carbonyl (C=O) groups is 1. The van der Waals surface area contributed by atoms with Crippen LogP contribution in [0.25, 0.3) is 5.52 Å². The Hall–Kier alpha value is -2.43. The van der Waals surface area contributed by atoms with Crippen molar-refractivity contribution in [2.45, 2.75) is 70.3 Å². The molecular weight excluding hydrogens is 379 g/mol. The number of aliphatic hydroxyl groups is 1. The molecule has 1 fully saturated rings. The fraction of sp³-hybridized carbons (Fsp3) is 0.647. The first-order valence-electron chi connectivity index (χ1n) is 8.93. The van der Waals surface area contributed by atoms with E-state index in [9.17, 15) is 27.9 Å². The van der Waals surface area contributed by atoms with Crippen LogP contribution in [0, 0.1) is 0 Å². The maximum Gasteiger partial charge on any atom is 0.394 e. The summed E-state index contributed by atoms with van der Waals surface area (Å²) >= 11 is 0. The Morgan fingerprint density at radius 2 is 2.04 bits per heavy atom. The minimum Gasteiger partial charge on any atom is -0.390 e. The van der Waals surface area contributed by atoms with E-state index in [2.05, 4.69) is 15.5 Å². The Bertz CT molecular complexity index is 953. The van der Waals surface area contributed by atoms with Gasteiger partial charge in [-0.1, -0.05) is 13.8 Å². The summed E-state index contributed by atoms with van der Waals surface area (Å²) in [6.07, 6.45) is -4.87. The molecule has 28 heavy (non-hydrogen) atoms. The van der Waals surface area contributed by atoms with E-state index in [1.165, 1.54) is 0 Å². The van der Waals surface area contributed by atoms with Gasteiger partial charge in [-0.2, -0.15) is 23.4 Å². The zero-order valence-electron chi connectivity index (χ0n) is 15.7. The van der Waals surface area contributed by atoms with Crippen LogP contribution in [-0.4, -0.2) is 48.2 Å². The van der Waals surface area contributed by atoms with Crippen LogP contribution < -0.4 is 10.9 Å². The minimum absolute atomic E-state index is 0.0580. The second kappa shape index (κ2) is 6.87. The van der Waals surface area contributed by atoms with Crippen LogP contribution in [0.4, 0.5) is 13.2 Å². The Morgan fingerprint density at radius 1 is 1.39 bits per heavy atom. The highest BCUT2D eigenvalue weighted by Gasteiger charge is 2.39. The standard InChI is InChI=1S/C17H22F3N5O3/c1-9(2)14-23-24(8-13(26)21-11-5-16(3,28)6-11)15(27)12-4-10(22-25(12)14)7-17(18,19)20/h4,9,11,28H,5-8H2,1-3H3,(H,21,26). The lowest BCUT2D eigenvalue weighted by Gasteiger charge is -2.41. The molecule has 1 saturated carbocycles. The van der Waals surface area contributed by atoms with Gasteiger partial charge in [-0.15, -0.1) is 0 Å². The lowest BCUT2D eigenvalue weighted by atomic mass is 9.77. The summed E-state index contributed by atoms with van der Waals surface area (Å²) in [7, 11) is 0. The molecule has 2 heterocycles. The largest absolute Gasteiger partial charge is 0.394 e. The van der Waals surface area contributed by atoms with Gasteiger partial charge >= 0.3 is 6.18 Å². The first-order valence-corrected chi connectivity index (χ1v) is 8.93. The molecule has 2 aromatic rings. The predicted molar refractivity (Wildman–Crippen MR) is 92.9 cm³/mol. The first kappa shape index (κ1) is 20.3. The van der Waals surface area contributed by atoms with E-state index in [0.717, 1.165) is 15.3 Å². The third-order valence-corrected chi connectivity index (χ3v) is 4.58.